The van der Waals surface area contributed by atoms with Crippen molar-refractivity contribution in [3.05, 3.63) is 35.1 Å². The van der Waals surface area contributed by atoms with Crippen LogP contribution in [0.15, 0.2) is 18.2 Å². The van der Waals surface area contributed by atoms with Gasteiger partial charge in [-0.3, -0.25) is 0 Å². The molecule has 1 rings (SSSR count). The van der Waals surface area contributed by atoms with Crippen molar-refractivity contribution in [1.82, 2.24) is 0 Å². The van der Waals surface area contributed by atoms with Gasteiger partial charge in [-0.1, -0.05) is 31.3 Å². The molecular weight excluding hydrogens is 189 g/mol. The normalized spacial score (nSPS) is 11.7. The second kappa shape index (κ2) is 5.53. The van der Waals surface area contributed by atoms with Gasteiger partial charge in [-0.05, 0) is 31.0 Å². The number of aryl methyl sites for hydroxylation is 1. The molecule has 1 unspecified atom stereocenters. The van der Waals surface area contributed by atoms with Crippen LogP contribution in [0.25, 0.3) is 0 Å². The predicted octanol–water partition coefficient (Wildman–Crippen LogP) is 2.61. The van der Waals surface area contributed by atoms with Gasteiger partial charge in [0.05, 0.1) is 11.6 Å². The van der Waals surface area contributed by atoms with Crippen molar-refractivity contribution in [3.8, 4) is 11.8 Å². The minimum Gasteiger partial charge on any atom is -0.318 e. The first kappa shape index (κ1) is 11.7. The van der Waals surface area contributed by atoms with Crippen LogP contribution in [0.4, 0.5) is 4.39 Å². The van der Waals surface area contributed by atoms with Crippen LogP contribution in [0.1, 0.15) is 30.9 Å². The molecule has 0 aromatic heterocycles. The fraction of sp³-hybridized carbons (Fsp3) is 0.385. The average molecular weight is 205 g/mol. The van der Waals surface area contributed by atoms with Gasteiger partial charge in [0.2, 0.25) is 0 Å². The first-order valence-electron chi connectivity index (χ1n) is 5.16. The third-order valence-corrected chi connectivity index (χ3v) is 2.11. The van der Waals surface area contributed by atoms with Crippen molar-refractivity contribution < 1.29 is 4.39 Å². The van der Waals surface area contributed by atoms with Gasteiger partial charge in [-0.2, -0.15) is 0 Å². The summed E-state index contributed by atoms with van der Waals surface area (Å²) in [6, 6.07) is 4.74. The Balaban J connectivity index is 2.83. The second-order valence-corrected chi connectivity index (χ2v) is 3.65. The molecule has 2 N–H and O–H groups in total. The van der Waals surface area contributed by atoms with E-state index >= 15 is 0 Å². The zero-order valence-electron chi connectivity index (χ0n) is 9.18. The lowest BCUT2D eigenvalue weighted by molar-refractivity contribution is 0.623. The summed E-state index contributed by atoms with van der Waals surface area (Å²) in [5.74, 6) is 5.36. The fourth-order valence-electron chi connectivity index (χ4n) is 1.29. The van der Waals surface area contributed by atoms with E-state index in [1.54, 1.807) is 12.1 Å². The van der Waals surface area contributed by atoms with Gasteiger partial charge in [-0.15, -0.1) is 0 Å². The van der Waals surface area contributed by atoms with E-state index in [1.165, 1.54) is 6.07 Å². The molecule has 0 aliphatic heterocycles. The summed E-state index contributed by atoms with van der Waals surface area (Å²) >= 11 is 0. The van der Waals surface area contributed by atoms with E-state index in [4.69, 9.17) is 5.73 Å². The van der Waals surface area contributed by atoms with Crippen LogP contribution in [-0.4, -0.2) is 6.04 Å². The highest BCUT2D eigenvalue weighted by Crippen LogP contribution is 2.08. The summed E-state index contributed by atoms with van der Waals surface area (Å²) in [6.07, 6.45) is 1.84. The molecule has 0 saturated heterocycles. The maximum atomic E-state index is 13.3. The molecule has 1 atom stereocenters. The summed E-state index contributed by atoms with van der Waals surface area (Å²) in [6.45, 7) is 3.96. The molecule has 1 aromatic carbocycles. The lowest BCUT2D eigenvalue weighted by Crippen LogP contribution is -2.16. The van der Waals surface area contributed by atoms with Crippen molar-refractivity contribution in [2.45, 2.75) is 32.7 Å². The maximum absolute atomic E-state index is 13.3. The fourth-order valence-corrected chi connectivity index (χ4v) is 1.29. The van der Waals surface area contributed by atoms with Gasteiger partial charge >= 0.3 is 0 Å². The highest BCUT2D eigenvalue weighted by Gasteiger charge is 1.99. The number of halogens is 1. The van der Waals surface area contributed by atoms with Crippen molar-refractivity contribution >= 4 is 0 Å². The van der Waals surface area contributed by atoms with Crippen LogP contribution in [0.2, 0.25) is 0 Å². The van der Waals surface area contributed by atoms with Gasteiger partial charge in [0.25, 0.3) is 0 Å². The highest BCUT2D eigenvalue weighted by atomic mass is 19.1. The van der Waals surface area contributed by atoms with Gasteiger partial charge < -0.3 is 5.73 Å². The third-order valence-electron chi connectivity index (χ3n) is 2.11. The number of rotatable bonds is 2. The Labute approximate surface area is 90.5 Å². The largest absolute Gasteiger partial charge is 0.318 e. The standard InChI is InChI=1S/C13H16FN/c1-3-4-12(15)7-6-11-9-10(2)5-8-13(11)14/h5,8-9,12H,3-4,15H2,1-2H3. The molecule has 1 aromatic rings. The molecule has 0 radical (unpaired) electrons. The molecular formula is C13H16FN. The minimum absolute atomic E-state index is 0.157. The predicted molar refractivity (Wildman–Crippen MR) is 60.9 cm³/mol. The Morgan fingerprint density at radius 3 is 2.87 bits per heavy atom. The summed E-state index contributed by atoms with van der Waals surface area (Å²) in [7, 11) is 0. The molecule has 0 aliphatic carbocycles. The lowest BCUT2D eigenvalue weighted by atomic mass is 10.1. The van der Waals surface area contributed by atoms with Crippen molar-refractivity contribution in [2.24, 2.45) is 5.73 Å². The molecule has 0 bridgehead atoms. The molecule has 0 saturated carbocycles. The first-order chi connectivity index (χ1) is 7.13. The molecule has 0 amide bonds. The van der Waals surface area contributed by atoms with Crippen LogP contribution in [0.3, 0.4) is 0 Å². The monoisotopic (exact) mass is 205 g/mol. The van der Waals surface area contributed by atoms with E-state index in [1.807, 2.05) is 6.92 Å². The van der Waals surface area contributed by atoms with Crippen LogP contribution in [0, 0.1) is 24.6 Å². The van der Waals surface area contributed by atoms with Crippen molar-refractivity contribution in [3.63, 3.8) is 0 Å². The summed E-state index contributed by atoms with van der Waals surface area (Å²) < 4.78 is 13.3. The quantitative estimate of drug-likeness (QED) is 0.738. The molecule has 0 aliphatic rings. The molecule has 1 nitrogen and oxygen atoms in total. The smallest absolute Gasteiger partial charge is 0.138 e. The zero-order chi connectivity index (χ0) is 11.3. The minimum atomic E-state index is -0.281. The van der Waals surface area contributed by atoms with Crippen molar-refractivity contribution in [1.29, 1.82) is 0 Å². The van der Waals surface area contributed by atoms with Crippen molar-refractivity contribution in [2.75, 3.05) is 0 Å². The van der Waals surface area contributed by atoms with E-state index in [2.05, 4.69) is 18.8 Å². The summed E-state index contributed by atoms with van der Waals surface area (Å²) in [5.41, 5.74) is 7.16. The zero-order valence-corrected chi connectivity index (χ0v) is 9.18. The third kappa shape index (κ3) is 3.73. The van der Waals surface area contributed by atoms with Crippen LogP contribution < -0.4 is 5.73 Å². The number of nitrogens with two attached hydrogens (primary N) is 1. The van der Waals surface area contributed by atoms with E-state index in [9.17, 15) is 4.39 Å². The maximum Gasteiger partial charge on any atom is 0.138 e. The highest BCUT2D eigenvalue weighted by molar-refractivity contribution is 5.38. The van der Waals surface area contributed by atoms with Gasteiger partial charge in [-0.25, -0.2) is 4.39 Å². The Kier molecular flexibility index (Phi) is 4.33. The molecule has 80 valence electrons. The average Bonchev–Trinajstić information content (AvgIpc) is 2.20. The van der Waals surface area contributed by atoms with Gasteiger partial charge in [0.1, 0.15) is 5.82 Å². The molecule has 0 fully saturated rings. The summed E-state index contributed by atoms with van der Waals surface area (Å²) in [5, 5.41) is 0. The number of hydrogen-bond acceptors (Lipinski definition) is 1. The number of benzene rings is 1. The summed E-state index contributed by atoms with van der Waals surface area (Å²) in [4.78, 5) is 0. The van der Waals surface area contributed by atoms with E-state index < -0.39 is 0 Å². The Morgan fingerprint density at radius 1 is 1.47 bits per heavy atom. The Morgan fingerprint density at radius 2 is 2.20 bits per heavy atom. The van der Waals surface area contributed by atoms with Crippen LogP contribution in [-0.2, 0) is 0 Å². The van der Waals surface area contributed by atoms with E-state index in [-0.39, 0.29) is 11.9 Å². The topological polar surface area (TPSA) is 26.0 Å². The second-order valence-electron chi connectivity index (χ2n) is 3.65. The Hall–Kier alpha value is -1.33. The molecule has 2 heteroatoms. The van der Waals surface area contributed by atoms with E-state index in [0.29, 0.717) is 5.56 Å². The molecule has 0 spiro atoms. The lowest BCUT2D eigenvalue weighted by Gasteiger charge is -2.00. The van der Waals surface area contributed by atoms with Gasteiger partial charge in [0.15, 0.2) is 0 Å². The Bertz CT molecular complexity index is 387. The first-order valence-corrected chi connectivity index (χ1v) is 5.16. The molecule has 0 heterocycles. The number of hydrogen-bond donors (Lipinski definition) is 1. The van der Waals surface area contributed by atoms with E-state index in [0.717, 1.165) is 18.4 Å². The SMILES string of the molecule is CCCC(N)C#Cc1cc(C)ccc1F. The van der Waals surface area contributed by atoms with Crippen LogP contribution >= 0.6 is 0 Å². The van der Waals surface area contributed by atoms with Gasteiger partial charge in [0, 0.05) is 0 Å². The molecule has 15 heavy (non-hydrogen) atoms. The van der Waals surface area contributed by atoms with Crippen LogP contribution in [0.5, 0.6) is 0 Å².